The lowest BCUT2D eigenvalue weighted by atomic mass is 10.2. The summed E-state index contributed by atoms with van der Waals surface area (Å²) < 4.78 is 2.16. The van der Waals surface area contributed by atoms with Gasteiger partial charge in [0.05, 0.1) is 4.92 Å². The average Bonchev–Trinajstić information content (AvgIpc) is 3.02. The maximum atomic E-state index is 12.0. The Bertz CT molecular complexity index is 869. The summed E-state index contributed by atoms with van der Waals surface area (Å²) in [7, 11) is 0. The van der Waals surface area contributed by atoms with E-state index in [1.165, 1.54) is 35.2 Å². The van der Waals surface area contributed by atoms with Crippen LogP contribution < -0.4 is 5.32 Å². The van der Waals surface area contributed by atoms with Gasteiger partial charge < -0.3 is 9.88 Å². The zero-order chi connectivity index (χ0) is 16.9. The second-order valence-electron chi connectivity index (χ2n) is 5.48. The number of hydrogen-bond donors (Lipinski definition) is 1. The van der Waals surface area contributed by atoms with Crippen LogP contribution in [-0.4, -0.2) is 21.9 Å². The van der Waals surface area contributed by atoms with Crippen molar-refractivity contribution in [2.75, 3.05) is 6.54 Å². The van der Waals surface area contributed by atoms with E-state index in [1.807, 2.05) is 18.3 Å². The van der Waals surface area contributed by atoms with Gasteiger partial charge >= 0.3 is 0 Å². The Hall–Kier alpha value is -3.15. The SMILES string of the molecule is O=C(NCCCn1ccc2ccccc21)c1ccc([N+](=O)[O-])cc1. The van der Waals surface area contributed by atoms with Crippen molar-refractivity contribution in [3.63, 3.8) is 0 Å². The van der Waals surface area contributed by atoms with Crippen molar-refractivity contribution in [3.05, 3.63) is 76.5 Å². The van der Waals surface area contributed by atoms with Gasteiger partial charge in [0.2, 0.25) is 0 Å². The quantitative estimate of drug-likeness (QED) is 0.429. The molecular weight excluding hydrogens is 306 g/mol. The van der Waals surface area contributed by atoms with Gasteiger partial charge in [0.15, 0.2) is 0 Å². The van der Waals surface area contributed by atoms with Crippen LogP contribution in [0.4, 0.5) is 5.69 Å². The van der Waals surface area contributed by atoms with E-state index in [0.717, 1.165) is 13.0 Å². The van der Waals surface area contributed by atoms with Crippen LogP contribution in [0.5, 0.6) is 0 Å². The number of aromatic nitrogens is 1. The van der Waals surface area contributed by atoms with Crippen LogP contribution in [0.15, 0.2) is 60.8 Å². The first-order valence-electron chi connectivity index (χ1n) is 7.72. The fourth-order valence-electron chi connectivity index (χ4n) is 2.62. The number of nitrogens with one attached hydrogen (secondary N) is 1. The Kier molecular flexibility index (Phi) is 4.56. The minimum atomic E-state index is -0.483. The lowest BCUT2D eigenvalue weighted by molar-refractivity contribution is -0.384. The number of hydrogen-bond acceptors (Lipinski definition) is 3. The molecule has 0 radical (unpaired) electrons. The summed E-state index contributed by atoms with van der Waals surface area (Å²) in [5, 5.41) is 14.6. The molecule has 1 N–H and O–H groups in total. The van der Waals surface area contributed by atoms with E-state index >= 15 is 0 Å². The van der Waals surface area contributed by atoms with E-state index in [-0.39, 0.29) is 11.6 Å². The molecule has 2 aromatic carbocycles. The van der Waals surface area contributed by atoms with E-state index in [4.69, 9.17) is 0 Å². The standard InChI is InChI=1S/C18H17N3O3/c22-18(15-6-8-16(9-7-15)21(23)24)19-11-3-12-20-13-10-14-4-1-2-5-17(14)20/h1-2,4-10,13H,3,11-12H2,(H,19,22). The summed E-state index contributed by atoms with van der Waals surface area (Å²) in [5.41, 5.74) is 1.58. The third-order valence-electron chi connectivity index (χ3n) is 3.88. The largest absolute Gasteiger partial charge is 0.352 e. The number of aryl methyl sites for hydroxylation is 1. The molecule has 0 aliphatic rings. The van der Waals surface area contributed by atoms with Gasteiger partial charge in [0.25, 0.3) is 11.6 Å². The smallest absolute Gasteiger partial charge is 0.269 e. The summed E-state index contributed by atoms with van der Waals surface area (Å²) in [6, 6.07) is 15.8. The first-order chi connectivity index (χ1) is 11.6. The first kappa shape index (κ1) is 15.7. The van der Waals surface area contributed by atoms with E-state index < -0.39 is 4.92 Å². The van der Waals surface area contributed by atoms with Crippen molar-refractivity contribution < 1.29 is 9.72 Å². The molecule has 0 aliphatic carbocycles. The third kappa shape index (κ3) is 3.43. The molecule has 122 valence electrons. The maximum Gasteiger partial charge on any atom is 0.269 e. The Morgan fingerprint density at radius 2 is 1.83 bits per heavy atom. The molecule has 3 aromatic rings. The summed E-state index contributed by atoms with van der Waals surface area (Å²) in [6.45, 7) is 1.36. The summed E-state index contributed by atoms with van der Waals surface area (Å²) in [4.78, 5) is 22.1. The van der Waals surface area contributed by atoms with Crippen molar-refractivity contribution in [1.29, 1.82) is 0 Å². The highest BCUT2D eigenvalue weighted by Gasteiger charge is 2.09. The molecule has 3 rings (SSSR count). The molecule has 1 aromatic heterocycles. The number of nitro groups is 1. The second kappa shape index (κ2) is 6.95. The molecule has 6 nitrogen and oxygen atoms in total. The van der Waals surface area contributed by atoms with Crippen LogP contribution in [0, 0.1) is 10.1 Å². The van der Waals surface area contributed by atoms with E-state index in [2.05, 4.69) is 28.1 Å². The fraction of sp³-hybridized carbons (Fsp3) is 0.167. The Labute approximate surface area is 138 Å². The summed E-state index contributed by atoms with van der Waals surface area (Å²) in [5.74, 6) is -0.220. The zero-order valence-electron chi connectivity index (χ0n) is 13.0. The highest BCUT2D eigenvalue weighted by molar-refractivity contribution is 5.94. The third-order valence-corrected chi connectivity index (χ3v) is 3.88. The number of amides is 1. The predicted octanol–water partition coefficient (Wildman–Crippen LogP) is 3.37. The van der Waals surface area contributed by atoms with Gasteiger partial charge in [0, 0.05) is 42.5 Å². The molecule has 0 spiro atoms. The number of fused-ring (bicyclic) bond motifs is 1. The number of rotatable bonds is 6. The van der Waals surface area contributed by atoms with Crippen LogP contribution in [0.3, 0.4) is 0 Å². The molecule has 6 heteroatoms. The van der Waals surface area contributed by atoms with Gasteiger partial charge in [-0.05, 0) is 36.1 Å². The molecule has 0 aliphatic heterocycles. The summed E-state index contributed by atoms with van der Waals surface area (Å²) >= 11 is 0. The maximum absolute atomic E-state index is 12.0. The molecule has 0 saturated heterocycles. The highest BCUT2D eigenvalue weighted by atomic mass is 16.6. The van der Waals surface area contributed by atoms with E-state index in [9.17, 15) is 14.9 Å². The number of benzene rings is 2. The molecular formula is C18H17N3O3. The second-order valence-corrected chi connectivity index (χ2v) is 5.48. The predicted molar refractivity (Wildman–Crippen MR) is 92.0 cm³/mol. The van der Waals surface area contributed by atoms with E-state index in [1.54, 1.807) is 0 Å². The van der Waals surface area contributed by atoms with Gasteiger partial charge in [-0.15, -0.1) is 0 Å². The van der Waals surface area contributed by atoms with Gasteiger partial charge in [-0.25, -0.2) is 0 Å². The number of non-ortho nitro benzene ring substituents is 1. The molecule has 0 saturated carbocycles. The normalized spacial score (nSPS) is 10.7. The number of para-hydroxylation sites is 1. The van der Waals surface area contributed by atoms with Crippen LogP contribution in [0.25, 0.3) is 10.9 Å². The minimum Gasteiger partial charge on any atom is -0.352 e. The Morgan fingerprint density at radius 1 is 1.08 bits per heavy atom. The number of nitro benzene ring substituents is 1. The monoisotopic (exact) mass is 323 g/mol. The zero-order valence-corrected chi connectivity index (χ0v) is 13.0. The van der Waals surface area contributed by atoms with Crippen LogP contribution >= 0.6 is 0 Å². The Balaban J connectivity index is 1.51. The number of carbonyl (C=O) groups excluding carboxylic acids is 1. The lowest BCUT2D eigenvalue weighted by Crippen LogP contribution is -2.25. The molecule has 0 unspecified atom stereocenters. The first-order valence-corrected chi connectivity index (χ1v) is 7.72. The molecule has 1 amide bonds. The van der Waals surface area contributed by atoms with Crippen molar-refractivity contribution in [2.24, 2.45) is 0 Å². The topological polar surface area (TPSA) is 77.2 Å². The van der Waals surface area contributed by atoms with Gasteiger partial charge in [-0.2, -0.15) is 0 Å². The molecule has 24 heavy (non-hydrogen) atoms. The van der Waals surface area contributed by atoms with Crippen LogP contribution in [0.2, 0.25) is 0 Å². The fourth-order valence-corrected chi connectivity index (χ4v) is 2.62. The number of carbonyl (C=O) groups is 1. The highest BCUT2D eigenvalue weighted by Crippen LogP contribution is 2.15. The van der Waals surface area contributed by atoms with Crippen molar-refractivity contribution in [3.8, 4) is 0 Å². The molecule has 0 atom stereocenters. The number of nitrogens with zero attached hydrogens (tertiary/aromatic N) is 2. The van der Waals surface area contributed by atoms with Crippen LogP contribution in [-0.2, 0) is 6.54 Å². The van der Waals surface area contributed by atoms with Gasteiger partial charge in [-0.1, -0.05) is 18.2 Å². The molecule has 1 heterocycles. The van der Waals surface area contributed by atoms with Crippen molar-refractivity contribution >= 4 is 22.5 Å². The van der Waals surface area contributed by atoms with Crippen LogP contribution in [0.1, 0.15) is 16.8 Å². The van der Waals surface area contributed by atoms with Crippen molar-refractivity contribution in [2.45, 2.75) is 13.0 Å². The minimum absolute atomic E-state index is 0.0222. The van der Waals surface area contributed by atoms with E-state index in [0.29, 0.717) is 12.1 Å². The molecule has 0 fully saturated rings. The molecule has 0 bridgehead atoms. The lowest BCUT2D eigenvalue weighted by Gasteiger charge is -2.07. The Morgan fingerprint density at radius 3 is 2.58 bits per heavy atom. The van der Waals surface area contributed by atoms with Gasteiger partial charge in [0.1, 0.15) is 0 Å². The average molecular weight is 323 g/mol. The van der Waals surface area contributed by atoms with Crippen molar-refractivity contribution in [1.82, 2.24) is 9.88 Å². The summed E-state index contributed by atoms with van der Waals surface area (Å²) in [6.07, 6.45) is 2.85. The van der Waals surface area contributed by atoms with Gasteiger partial charge in [-0.3, -0.25) is 14.9 Å².